The SMILES string of the molecule is CCOc1cccc(C(=O)NC(=S)Nc2cc(NC(=O)CC)ccc2Cl)c1. The Bertz CT molecular complexity index is 858. The third-order valence-electron chi connectivity index (χ3n) is 3.45. The number of benzene rings is 2. The Balaban J connectivity index is 2.04. The average molecular weight is 406 g/mol. The van der Waals surface area contributed by atoms with Crippen molar-refractivity contribution in [3.8, 4) is 5.75 Å². The minimum atomic E-state index is -0.374. The van der Waals surface area contributed by atoms with Crippen molar-refractivity contribution in [1.82, 2.24) is 5.32 Å². The number of nitrogens with one attached hydrogen (secondary N) is 3. The molecule has 0 unspecified atom stereocenters. The Morgan fingerprint density at radius 2 is 1.89 bits per heavy atom. The first-order valence-electron chi connectivity index (χ1n) is 8.37. The summed E-state index contributed by atoms with van der Waals surface area (Å²) in [6, 6.07) is 11.8. The van der Waals surface area contributed by atoms with Gasteiger partial charge in [0, 0.05) is 17.7 Å². The highest BCUT2D eigenvalue weighted by Gasteiger charge is 2.11. The first kappa shape index (κ1) is 20.7. The molecule has 0 aliphatic rings. The van der Waals surface area contributed by atoms with Crippen LogP contribution in [0.1, 0.15) is 30.6 Å². The lowest BCUT2D eigenvalue weighted by molar-refractivity contribution is -0.115. The number of thiocarbonyl (C=S) groups is 1. The maximum absolute atomic E-state index is 12.4. The average Bonchev–Trinajstić information content (AvgIpc) is 2.64. The molecule has 6 nitrogen and oxygen atoms in total. The molecule has 2 aromatic rings. The summed E-state index contributed by atoms with van der Waals surface area (Å²) in [7, 11) is 0. The molecule has 0 bridgehead atoms. The van der Waals surface area contributed by atoms with Crippen LogP contribution < -0.4 is 20.7 Å². The summed E-state index contributed by atoms with van der Waals surface area (Å²) in [6.45, 7) is 4.14. The van der Waals surface area contributed by atoms with Gasteiger partial charge in [-0.15, -0.1) is 0 Å². The second-order valence-corrected chi connectivity index (χ2v) is 6.28. The topological polar surface area (TPSA) is 79.5 Å². The Kier molecular flexibility index (Phi) is 7.57. The lowest BCUT2D eigenvalue weighted by Gasteiger charge is -2.13. The molecule has 0 aromatic heterocycles. The molecule has 0 heterocycles. The lowest BCUT2D eigenvalue weighted by Crippen LogP contribution is -2.34. The normalized spacial score (nSPS) is 10.0. The van der Waals surface area contributed by atoms with E-state index >= 15 is 0 Å². The predicted molar refractivity (Wildman–Crippen MR) is 112 cm³/mol. The van der Waals surface area contributed by atoms with E-state index in [9.17, 15) is 9.59 Å². The fourth-order valence-corrected chi connectivity index (χ4v) is 2.54. The third-order valence-corrected chi connectivity index (χ3v) is 3.99. The van der Waals surface area contributed by atoms with Gasteiger partial charge in [0.15, 0.2) is 5.11 Å². The van der Waals surface area contributed by atoms with Crippen LogP contribution in [0.2, 0.25) is 5.02 Å². The number of amides is 2. The molecular formula is C19H20ClN3O3S. The van der Waals surface area contributed by atoms with E-state index in [0.29, 0.717) is 40.7 Å². The van der Waals surface area contributed by atoms with Crippen molar-refractivity contribution in [2.45, 2.75) is 20.3 Å². The van der Waals surface area contributed by atoms with E-state index in [1.165, 1.54) is 0 Å². The molecule has 8 heteroatoms. The highest BCUT2D eigenvalue weighted by atomic mass is 35.5. The number of hydrogen-bond acceptors (Lipinski definition) is 4. The molecule has 0 spiro atoms. The summed E-state index contributed by atoms with van der Waals surface area (Å²) in [5.41, 5.74) is 1.46. The van der Waals surface area contributed by atoms with Gasteiger partial charge in [-0.25, -0.2) is 0 Å². The second-order valence-electron chi connectivity index (χ2n) is 5.47. The van der Waals surface area contributed by atoms with Crippen molar-refractivity contribution < 1.29 is 14.3 Å². The highest BCUT2D eigenvalue weighted by molar-refractivity contribution is 7.80. The van der Waals surface area contributed by atoms with Gasteiger partial charge in [-0.1, -0.05) is 24.6 Å². The first-order valence-corrected chi connectivity index (χ1v) is 9.16. The van der Waals surface area contributed by atoms with Gasteiger partial charge >= 0.3 is 0 Å². The summed E-state index contributed by atoms with van der Waals surface area (Å²) in [4.78, 5) is 23.9. The summed E-state index contributed by atoms with van der Waals surface area (Å²) in [5.74, 6) is 0.111. The summed E-state index contributed by atoms with van der Waals surface area (Å²) < 4.78 is 5.39. The maximum Gasteiger partial charge on any atom is 0.257 e. The molecule has 2 rings (SSSR count). The first-order chi connectivity index (χ1) is 12.9. The van der Waals surface area contributed by atoms with Crippen molar-refractivity contribution in [1.29, 1.82) is 0 Å². The second kappa shape index (κ2) is 9.89. The predicted octanol–water partition coefficient (Wildman–Crippen LogP) is 4.21. The fraction of sp³-hybridized carbons (Fsp3) is 0.211. The van der Waals surface area contributed by atoms with Crippen LogP contribution in [0, 0.1) is 0 Å². The number of rotatable bonds is 6. The van der Waals surface area contributed by atoms with Gasteiger partial charge in [0.25, 0.3) is 5.91 Å². The van der Waals surface area contributed by atoms with Crippen LogP contribution in [-0.2, 0) is 4.79 Å². The highest BCUT2D eigenvalue weighted by Crippen LogP contribution is 2.25. The molecule has 0 atom stereocenters. The zero-order valence-corrected chi connectivity index (χ0v) is 16.5. The van der Waals surface area contributed by atoms with Gasteiger partial charge in [-0.3, -0.25) is 14.9 Å². The number of ether oxygens (including phenoxy) is 1. The van der Waals surface area contributed by atoms with Gasteiger partial charge in [0.2, 0.25) is 5.91 Å². The molecule has 2 aromatic carbocycles. The van der Waals surface area contributed by atoms with E-state index in [4.69, 9.17) is 28.6 Å². The van der Waals surface area contributed by atoms with E-state index in [1.807, 2.05) is 6.92 Å². The van der Waals surface area contributed by atoms with Gasteiger partial charge in [0.1, 0.15) is 5.75 Å². The minimum Gasteiger partial charge on any atom is -0.494 e. The smallest absolute Gasteiger partial charge is 0.257 e. The number of hydrogen-bond donors (Lipinski definition) is 3. The van der Waals surface area contributed by atoms with Crippen molar-refractivity contribution >= 4 is 52.1 Å². The minimum absolute atomic E-state index is 0.0858. The summed E-state index contributed by atoms with van der Waals surface area (Å²) in [5, 5.41) is 8.68. The standard InChI is InChI=1S/C19H20ClN3O3S/c1-3-17(24)21-13-8-9-15(20)16(11-13)22-19(27)23-18(25)12-6-5-7-14(10-12)26-4-2/h5-11H,3-4H2,1-2H3,(H,21,24)(H2,22,23,25,27). The van der Waals surface area contributed by atoms with Crippen molar-refractivity contribution in [2.24, 2.45) is 0 Å². The van der Waals surface area contributed by atoms with Gasteiger partial charge in [-0.05, 0) is 55.5 Å². The van der Waals surface area contributed by atoms with Crippen molar-refractivity contribution in [3.05, 3.63) is 53.1 Å². The molecule has 0 fully saturated rings. The van der Waals surface area contributed by atoms with Crippen LogP contribution in [0.5, 0.6) is 5.75 Å². The van der Waals surface area contributed by atoms with Gasteiger partial charge < -0.3 is 15.4 Å². The molecule has 0 aliphatic heterocycles. The monoisotopic (exact) mass is 405 g/mol. The Labute approximate surface area is 168 Å². The fourth-order valence-electron chi connectivity index (χ4n) is 2.17. The molecule has 0 saturated carbocycles. The molecule has 0 saturated heterocycles. The molecular weight excluding hydrogens is 386 g/mol. The summed E-state index contributed by atoms with van der Waals surface area (Å²) >= 11 is 11.3. The molecule has 27 heavy (non-hydrogen) atoms. The van der Waals surface area contributed by atoms with Crippen LogP contribution >= 0.6 is 23.8 Å². The molecule has 3 N–H and O–H groups in total. The maximum atomic E-state index is 12.4. The Morgan fingerprint density at radius 3 is 2.59 bits per heavy atom. The zero-order chi connectivity index (χ0) is 19.8. The van der Waals surface area contributed by atoms with E-state index < -0.39 is 0 Å². The van der Waals surface area contributed by atoms with E-state index in [0.717, 1.165) is 0 Å². The Hall–Kier alpha value is -2.64. The van der Waals surface area contributed by atoms with Crippen molar-refractivity contribution in [2.75, 3.05) is 17.2 Å². The quantitative estimate of drug-likeness (QED) is 0.627. The van der Waals surface area contributed by atoms with Gasteiger partial charge in [-0.2, -0.15) is 0 Å². The number of carbonyl (C=O) groups is 2. The lowest BCUT2D eigenvalue weighted by atomic mass is 10.2. The van der Waals surface area contributed by atoms with Crippen LogP contribution in [0.4, 0.5) is 11.4 Å². The van der Waals surface area contributed by atoms with Crippen LogP contribution in [0.25, 0.3) is 0 Å². The number of carbonyl (C=O) groups excluding carboxylic acids is 2. The Morgan fingerprint density at radius 1 is 1.11 bits per heavy atom. The number of halogens is 1. The third kappa shape index (κ3) is 6.23. The van der Waals surface area contributed by atoms with Gasteiger partial charge in [0.05, 0.1) is 17.3 Å². The number of anilines is 2. The van der Waals surface area contributed by atoms with E-state index in [2.05, 4.69) is 16.0 Å². The van der Waals surface area contributed by atoms with E-state index in [-0.39, 0.29) is 16.9 Å². The largest absolute Gasteiger partial charge is 0.494 e. The van der Waals surface area contributed by atoms with Crippen LogP contribution in [-0.4, -0.2) is 23.5 Å². The van der Waals surface area contributed by atoms with Crippen LogP contribution in [0.15, 0.2) is 42.5 Å². The van der Waals surface area contributed by atoms with E-state index in [1.54, 1.807) is 49.4 Å². The van der Waals surface area contributed by atoms with Crippen LogP contribution in [0.3, 0.4) is 0 Å². The molecule has 142 valence electrons. The molecule has 0 radical (unpaired) electrons. The molecule has 0 aliphatic carbocycles. The van der Waals surface area contributed by atoms with Crippen molar-refractivity contribution in [3.63, 3.8) is 0 Å². The summed E-state index contributed by atoms with van der Waals surface area (Å²) in [6.07, 6.45) is 0.362. The zero-order valence-electron chi connectivity index (χ0n) is 15.0. The molecule has 2 amide bonds.